The first-order valence-corrected chi connectivity index (χ1v) is 14.0. The number of nitrogens with one attached hydrogen (secondary N) is 1. The van der Waals surface area contributed by atoms with Crippen LogP contribution in [-0.4, -0.2) is 43.5 Å². The summed E-state index contributed by atoms with van der Waals surface area (Å²) in [6.45, 7) is 1.33. The molecule has 3 N–H and O–H groups in total. The predicted molar refractivity (Wildman–Crippen MR) is 150 cm³/mol. The molecule has 0 bridgehead atoms. The molecule has 0 saturated heterocycles. The number of sulfonamides is 1. The van der Waals surface area contributed by atoms with Crippen molar-refractivity contribution in [3.05, 3.63) is 101 Å². The van der Waals surface area contributed by atoms with Gasteiger partial charge in [0.15, 0.2) is 0 Å². The van der Waals surface area contributed by atoms with Crippen molar-refractivity contribution in [1.82, 2.24) is 10.3 Å². The highest BCUT2D eigenvalue weighted by molar-refractivity contribution is 7.90. The smallest absolute Gasteiger partial charge is 0.369 e. The van der Waals surface area contributed by atoms with Gasteiger partial charge in [0.05, 0.1) is 16.2 Å². The zero-order valence-electron chi connectivity index (χ0n) is 21.5. The molecule has 0 saturated carbocycles. The average Bonchev–Trinajstić information content (AvgIpc) is 2.92. The first-order chi connectivity index (χ1) is 19.3. The summed E-state index contributed by atoms with van der Waals surface area (Å²) < 4.78 is 69.1. The van der Waals surface area contributed by atoms with Crippen molar-refractivity contribution >= 4 is 45.2 Å². The summed E-state index contributed by atoms with van der Waals surface area (Å²) >= 11 is 6.08. The fraction of sp³-hybridized carbons (Fsp3) is 0.185. The van der Waals surface area contributed by atoms with Gasteiger partial charge >= 0.3 is 6.18 Å². The van der Waals surface area contributed by atoms with Crippen LogP contribution in [-0.2, 0) is 21.0 Å². The van der Waals surface area contributed by atoms with E-state index in [9.17, 15) is 26.4 Å². The Morgan fingerprint density at radius 2 is 1.68 bits per heavy atom. The average molecular weight is 605 g/mol. The normalized spacial score (nSPS) is 16.8. The lowest BCUT2D eigenvalue weighted by atomic mass is 9.86. The van der Waals surface area contributed by atoms with Crippen molar-refractivity contribution in [3.8, 4) is 0 Å². The number of carbonyl (C=O) groups is 1. The fourth-order valence-corrected chi connectivity index (χ4v) is 5.15. The lowest BCUT2D eigenvalue weighted by Gasteiger charge is -2.30. The molecule has 214 valence electrons. The highest BCUT2D eigenvalue weighted by Gasteiger charge is 2.32. The van der Waals surface area contributed by atoms with Gasteiger partial charge in [0, 0.05) is 24.4 Å². The zero-order valence-corrected chi connectivity index (χ0v) is 23.1. The van der Waals surface area contributed by atoms with E-state index < -0.39 is 44.5 Å². The van der Waals surface area contributed by atoms with Crippen LogP contribution in [0.2, 0.25) is 5.02 Å². The molecule has 4 rings (SSSR count). The molecule has 1 aliphatic rings. The summed E-state index contributed by atoms with van der Waals surface area (Å²) in [5, 5.41) is 8.66. The number of nitrogens with zero attached hydrogens (tertiary/aromatic N) is 4. The molecule has 3 aromatic rings. The lowest BCUT2D eigenvalue weighted by molar-refractivity contribution is -0.137. The topological polar surface area (TPSA) is 130 Å². The van der Waals surface area contributed by atoms with Gasteiger partial charge in [0.25, 0.3) is 16.0 Å². The van der Waals surface area contributed by atoms with E-state index in [0.717, 1.165) is 17.7 Å². The van der Waals surface area contributed by atoms with Gasteiger partial charge in [0.1, 0.15) is 0 Å². The summed E-state index contributed by atoms with van der Waals surface area (Å²) in [7, 11) is -4.58. The van der Waals surface area contributed by atoms with Gasteiger partial charge in [-0.05, 0) is 53.9 Å². The minimum atomic E-state index is -4.65. The molecule has 14 heteroatoms. The van der Waals surface area contributed by atoms with Gasteiger partial charge in [-0.2, -0.15) is 31.7 Å². The third-order valence-corrected chi connectivity index (χ3v) is 7.49. The molecule has 3 aromatic carbocycles. The molecule has 0 aromatic heterocycles. The first-order valence-electron chi connectivity index (χ1n) is 12.1. The molecule has 1 aliphatic heterocycles. The van der Waals surface area contributed by atoms with Crippen molar-refractivity contribution in [2.45, 2.75) is 30.3 Å². The van der Waals surface area contributed by atoms with Crippen molar-refractivity contribution in [1.29, 1.82) is 0 Å². The Labute approximate surface area is 239 Å². The number of halogens is 4. The van der Waals surface area contributed by atoms with E-state index in [2.05, 4.69) is 19.8 Å². The number of carbonyl (C=O) groups excluding carboxylic acids is 1. The maximum atomic E-state index is 13.2. The number of alkyl halides is 3. The second-order valence-electron chi connectivity index (χ2n) is 8.93. The number of aliphatic imine (C=N–C) groups is 1. The number of hydrogen-bond acceptors (Lipinski definition) is 4. The number of benzene rings is 3. The Balaban J connectivity index is 1.82. The quantitative estimate of drug-likeness (QED) is 0.328. The number of amides is 1. The van der Waals surface area contributed by atoms with Crippen molar-refractivity contribution < 1.29 is 26.4 Å². The van der Waals surface area contributed by atoms with Gasteiger partial charge in [-0.15, -0.1) is 4.40 Å². The van der Waals surface area contributed by atoms with E-state index in [1.165, 1.54) is 11.9 Å². The number of guanidine groups is 2. The van der Waals surface area contributed by atoms with Gasteiger partial charge in [-0.25, -0.2) is 5.01 Å². The Kier molecular flexibility index (Phi) is 8.78. The highest BCUT2D eigenvalue weighted by atomic mass is 35.5. The Hall–Kier alpha value is -4.23. The van der Waals surface area contributed by atoms with Gasteiger partial charge in [-0.3, -0.25) is 10.1 Å². The zero-order chi connectivity index (χ0) is 29.8. The molecule has 41 heavy (non-hydrogen) atoms. The van der Waals surface area contributed by atoms with Crippen molar-refractivity contribution in [3.63, 3.8) is 0 Å². The second-order valence-corrected chi connectivity index (χ2v) is 11.0. The summed E-state index contributed by atoms with van der Waals surface area (Å²) in [6, 6.07) is 19.4. The van der Waals surface area contributed by atoms with Crippen LogP contribution in [0.5, 0.6) is 0 Å². The van der Waals surface area contributed by atoms with Crippen LogP contribution >= 0.6 is 11.6 Å². The van der Waals surface area contributed by atoms with Gasteiger partial charge < -0.3 is 5.73 Å². The van der Waals surface area contributed by atoms with Crippen LogP contribution in [0, 0.1) is 0 Å². The maximum absolute atomic E-state index is 13.2. The van der Waals surface area contributed by atoms with Crippen LogP contribution in [0.25, 0.3) is 0 Å². The third-order valence-electron chi connectivity index (χ3n) is 5.97. The SMILES string of the molecule is CC(=O)N/C(N)=N/C(=N/S(=O)(=O)c1ccc(C(F)(F)F)cc1)N1CC[C@@H](c2ccccc2)C(c2ccc(Cl)cc2)=N1. The monoisotopic (exact) mass is 604 g/mol. The highest BCUT2D eigenvalue weighted by Crippen LogP contribution is 2.32. The van der Waals surface area contributed by atoms with E-state index in [-0.39, 0.29) is 12.5 Å². The molecule has 0 radical (unpaired) electrons. The van der Waals surface area contributed by atoms with Crippen LogP contribution in [0.4, 0.5) is 13.2 Å². The molecular weight excluding hydrogens is 581 g/mol. The van der Waals surface area contributed by atoms with Crippen molar-refractivity contribution in [2.75, 3.05) is 6.54 Å². The van der Waals surface area contributed by atoms with E-state index in [4.69, 9.17) is 17.3 Å². The molecule has 1 atom stereocenters. The minimum Gasteiger partial charge on any atom is -0.369 e. The number of rotatable bonds is 4. The molecule has 0 fully saturated rings. The van der Waals surface area contributed by atoms with E-state index in [0.29, 0.717) is 34.9 Å². The number of nitrogens with two attached hydrogens (primary N) is 1. The summed E-state index contributed by atoms with van der Waals surface area (Å²) in [5.74, 6) is -1.69. The number of hydrazone groups is 1. The molecule has 1 amide bonds. The minimum absolute atomic E-state index is 0.148. The number of hydrogen-bond donors (Lipinski definition) is 2. The molecule has 1 heterocycles. The fourth-order valence-electron chi connectivity index (χ4n) is 4.09. The van der Waals surface area contributed by atoms with E-state index >= 15 is 0 Å². The third kappa shape index (κ3) is 7.50. The predicted octanol–water partition coefficient (Wildman–Crippen LogP) is 4.75. The Morgan fingerprint density at radius 3 is 2.27 bits per heavy atom. The molecular formula is C27H24ClF3N6O3S. The van der Waals surface area contributed by atoms with Crippen LogP contribution in [0.15, 0.2) is 98.2 Å². The standard InChI is InChI=1S/C27H24ClF3N6O3S/c1-17(38)33-25(32)34-26(36-41(39,40)22-13-9-20(10-14-22)27(29,30)31)37-16-15-23(18-5-3-2-4-6-18)24(35-37)19-7-11-21(28)12-8-19/h2-14,23H,15-16H2,1H3,(H3,32,33,34,36,38)/t23-/m0/s1. The van der Waals surface area contributed by atoms with Crippen LogP contribution in [0.3, 0.4) is 0 Å². The lowest BCUT2D eigenvalue weighted by Crippen LogP contribution is -2.40. The van der Waals surface area contributed by atoms with Gasteiger partial charge in [0.2, 0.25) is 11.9 Å². The second kappa shape index (κ2) is 12.1. The first kappa shape index (κ1) is 29.7. The molecule has 9 nitrogen and oxygen atoms in total. The molecule has 0 spiro atoms. The largest absolute Gasteiger partial charge is 0.416 e. The van der Waals surface area contributed by atoms with Crippen LogP contribution in [0.1, 0.15) is 36.0 Å². The summed E-state index contributed by atoms with van der Waals surface area (Å²) in [5.41, 5.74) is 7.03. The van der Waals surface area contributed by atoms with E-state index in [1.807, 2.05) is 30.3 Å². The molecule has 0 unspecified atom stereocenters. The maximum Gasteiger partial charge on any atom is 0.416 e. The van der Waals surface area contributed by atoms with Crippen LogP contribution < -0.4 is 11.1 Å². The Bertz CT molecular complexity index is 1610. The van der Waals surface area contributed by atoms with Gasteiger partial charge in [-0.1, -0.05) is 54.1 Å². The van der Waals surface area contributed by atoms with Crippen molar-refractivity contribution in [2.24, 2.45) is 20.2 Å². The molecule has 0 aliphatic carbocycles. The Morgan fingerprint density at radius 1 is 1.05 bits per heavy atom. The van der Waals surface area contributed by atoms with E-state index in [1.54, 1.807) is 24.3 Å². The summed E-state index contributed by atoms with van der Waals surface area (Å²) in [4.78, 5) is 15.0. The summed E-state index contributed by atoms with van der Waals surface area (Å²) in [6.07, 6.45) is -4.19.